The second-order valence-electron chi connectivity index (χ2n) is 5.26. The molecule has 2 amide bonds. The van der Waals surface area contributed by atoms with Crippen molar-refractivity contribution in [3.63, 3.8) is 0 Å². The van der Waals surface area contributed by atoms with Gasteiger partial charge in [0.25, 0.3) is 0 Å². The van der Waals surface area contributed by atoms with Gasteiger partial charge in [-0.05, 0) is 12.3 Å². The van der Waals surface area contributed by atoms with Crippen molar-refractivity contribution in [2.75, 3.05) is 13.1 Å². The van der Waals surface area contributed by atoms with Gasteiger partial charge in [-0.1, -0.05) is 13.8 Å². The van der Waals surface area contributed by atoms with Crippen LogP contribution in [0.25, 0.3) is 0 Å². The fraction of sp³-hybridized carbons (Fsp3) is 0.615. The zero-order valence-corrected chi connectivity index (χ0v) is 11.4. The van der Waals surface area contributed by atoms with E-state index in [1.54, 1.807) is 17.4 Å². The van der Waals surface area contributed by atoms with E-state index in [2.05, 4.69) is 10.3 Å². The van der Waals surface area contributed by atoms with Crippen LogP contribution in [0, 0.1) is 5.92 Å². The van der Waals surface area contributed by atoms with E-state index in [9.17, 15) is 9.59 Å². The Morgan fingerprint density at radius 1 is 1.42 bits per heavy atom. The molecule has 2 heterocycles. The van der Waals surface area contributed by atoms with E-state index >= 15 is 0 Å². The fourth-order valence-electron chi connectivity index (χ4n) is 2.08. The summed E-state index contributed by atoms with van der Waals surface area (Å²) in [4.78, 5) is 29.5. The lowest BCUT2D eigenvalue weighted by Crippen LogP contribution is -2.43. The molecule has 0 spiro atoms. The molecular formula is C13H20N4O2. The third-order valence-corrected chi connectivity index (χ3v) is 3.13. The molecule has 1 aromatic rings. The largest absolute Gasteiger partial charge is 0.348 e. The molecule has 0 aromatic carbocycles. The maximum atomic E-state index is 12.1. The Morgan fingerprint density at radius 3 is 2.95 bits per heavy atom. The number of nitrogens with one attached hydrogen (secondary N) is 1. The van der Waals surface area contributed by atoms with E-state index in [4.69, 9.17) is 0 Å². The summed E-state index contributed by atoms with van der Waals surface area (Å²) in [7, 11) is 0. The standard InChI is InChI=1S/C13H20N4O2/c1-10(2)6-15-12(18)13(19)16-4-3-5-17-9-14-7-11(17)8-16/h7,9-10H,3-6,8H2,1-2H3,(H,15,18). The summed E-state index contributed by atoms with van der Waals surface area (Å²) in [6.45, 7) is 6.41. The molecule has 1 aliphatic rings. The molecule has 0 unspecified atom stereocenters. The van der Waals surface area contributed by atoms with Gasteiger partial charge in [-0.2, -0.15) is 0 Å². The first-order valence-corrected chi connectivity index (χ1v) is 6.64. The van der Waals surface area contributed by atoms with E-state index in [1.807, 2.05) is 18.4 Å². The van der Waals surface area contributed by atoms with Crippen molar-refractivity contribution in [3.8, 4) is 0 Å². The highest BCUT2D eigenvalue weighted by Crippen LogP contribution is 2.11. The predicted octanol–water partition coefficient (Wildman–Crippen LogP) is 0.388. The Morgan fingerprint density at radius 2 is 2.21 bits per heavy atom. The molecule has 0 radical (unpaired) electrons. The maximum absolute atomic E-state index is 12.1. The summed E-state index contributed by atoms with van der Waals surface area (Å²) < 4.78 is 2.03. The predicted molar refractivity (Wildman–Crippen MR) is 70.1 cm³/mol. The van der Waals surface area contributed by atoms with E-state index in [1.165, 1.54) is 0 Å². The van der Waals surface area contributed by atoms with E-state index in [0.717, 1.165) is 18.7 Å². The molecule has 19 heavy (non-hydrogen) atoms. The van der Waals surface area contributed by atoms with Gasteiger partial charge < -0.3 is 14.8 Å². The number of nitrogens with zero attached hydrogens (tertiary/aromatic N) is 3. The van der Waals surface area contributed by atoms with Crippen LogP contribution in [-0.4, -0.2) is 39.4 Å². The average molecular weight is 264 g/mol. The molecule has 6 nitrogen and oxygen atoms in total. The number of hydrogen-bond acceptors (Lipinski definition) is 3. The normalized spacial score (nSPS) is 15.0. The number of aromatic nitrogens is 2. The van der Waals surface area contributed by atoms with Gasteiger partial charge >= 0.3 is 11.8 Å². The minimum atomic E-state index is -0.512. The number of carbonyl (C=O) groups is 2. The van der Waals surface area contributed by atoms with Crippen LogP contribution in [0.2, 0.25) is 0 Å². The zero-order chi connectivity index (χ0) is 13.8. The lowest BCUT2D eigenvalue weighted by molar-refractivity contribution is -0.146. The smallest absolute Gasteiger partial charge is 0.312 e. The molecule has 2 rings (SSSR count). The van der Waals surface area contributed by atoms with Crippen LogP contribution in [0.15, 0.2) is 12.5 Å². The number of fused-ring (bicyclic) bond motifs is 1. The van der Waals surface area contributed by atoms with E-state index < -0.39 is 11.8 Å². The fourth-order valence-corrected chi connectivity index (χ4v) is 2.08. The summed E-state index contributed by atoms with van der Waals surface area (Å²) >= 11 is 0. The monoisotopic (exact) mass is 264 g/mol. The van der Waals surface area contributed by atoms with Gasteiger partial charge in [0.15, 0.2) is 0 Å². The van der Waals surface area contributed by atoms with Crippen LogP contribution in [0.4, 0.5) is 0 Å². The zero-order valence-electron chi connectivity index (χ0n) is 11.4. The third-order valence-electron chi connectivity index (χ3n) is 3.13. The van der Waals surface area contributed by atoms with Gasteiger partial charge in [0.2, 0.25) is 0 Å². The molecule has 0 fully saturated rings. The average Bonchev–Trinajstić information content (AvgIpc) is 2.72. The van der Waals surface area contributed by atoms with Crippen molar-refractivity contribution in [1.82, 2.24) is 19.8 Å². The van der Waals surface area contributed by atoms with Crippen LogP contribution in [0.5, 0.6) is 0 Å². The van der Waals surface area contributed by atoms with Crippen molar-refractivity contribution in [2.45, 2.75) is 33.4 Å². The topological polar surface area (TPSA) is 67.2 Å². The van der Waals surface area contributed by atoms with Crippen molar-refractivity contribution in [2.24, 2.45) is 5.92 Å². The van der Waals surface area contributed by atoms with Crippen molar-refractivity contribution in [1.29, 1.82) is 0 Å². The van der Waals surface area contributed by atoms with Gasteiger partial charge in [-0.3, -0.25) is 9.59 Å². The van der Waals surface area contributed by atoms with E-state index in [0.29, 0.717) is 25.6 Å². The molecule has 1 aliphatic heterocycles. The van der Waals surface area contributed by atoms with E-state index in [-0.39, 0.29) is 0 Å². The third kappa shape index (κ3) is 3.33. The minimum absolute atomic E-state index is 0.335. The van der Waals surface area contributed by atoms with Crippen LogP contribution in [-0.2, 0) is 22.7 Å². The summed E-state index contributed by atoms with van der Waals surface area (Å²) in [5, 5.41) is 2.66. The first-order chi connectivity index (χ1) is 9.08. The number of imidazole rings is 1. The summed E-state index contributed by atoms with van der Waals surface area (Å²) in [6.07, 6.45) is 4.35. The van der Waals surface area contributed by atoms with Crippen LogP contribution >= 0.6 is 0 Å². The Bertz CT molecular complexity index is 467. The van der Waals surface area contributed by atoms with Crippen molar-refractivity contribution in [3.05, 3.63) is 18.2 Å². The number of carbonyl (C=O) groups excluding carboxylic acids is 2. The number of amides is 2. The highest BCUT2D eigenvalue weighted by atomic mass is 16.2. The summed E-state index contributed by atoms with van der Waals surface area (Å²) in [6, 6.07) is 0. The second-order valence-corrected chi connectivity index (χ2v) is 5.26. The van der Waals surface area contributed by atoms with Gasteiger partial charge in [0.05, 0.1) is 18.6 Å². The van der Waals surface area contributed by atoms with Crippen molar-refractivity contribution >= 4 is 11.8 Å². The van der Waals surface area contributed by atoms with Crippen LogP contribution in [0.1, 0.15) is 26.0 Å². The molecule has 0 atom stereocenters. The first kappa shape index (κ1) is 13.6. The Balaban J connectivity index is 1.98. The maximum Gasteiger partial charge on any atom is 0.312 e. The second kappa shape index (κ2) is 5.86. The highest BCUT2D eigenvalue weighted by molar-refractivity contribution is 6.34. The molecule has 0 saturated carbocycles. The number of aryl methyl sites for hydroxylation is 1. The molecule has 0 bridgehead atoms. The lowest BCUT2D eigenvalue weighted by Gasteiger charge is -2.19. The molecule has 0 aliphatic carbocycles. The SMILES string of the molecule is CC(C)CNC(=O)C(=O)N1CCCn2cncc2C1. The summed E-state index contributed by atoms with van der Waals surface area (Å²) in [5.41, 5.74) is 0.975. The molecule has 1 N–H and O–H groups in total. The van der Waals surface area contributed by atoms with Gasteiger partial charge in [-0.15, -0.1) is 0 Å². The molecule has 6 heteroatoms. The minimum Gasteiger partial charge on any atom is -0.348 e. The van der Waals surface area contributed by atoms with Crippen LogP contribution < -0.4 is 5.32 Å². The quantitative estimate of drug-likeness (QED) is 0.786. The van der Waals surface area contributed by atoms with Gasteiger partial charge in [0, 0.05) is 25.8 Å². The number of rotatable bonds is 2. The van der Waals surface area contributed by atoms with Crippen LogP contribution in [0.3, 0.4) is 0 Å². The lowest BCUT2D eigenvalue weighted by atomic mass is 10.2. The van der Waals surface area contributed by atoms with Gasteiger partial charge in [-0.25, -0.2) is 4.98 Å². The number of hydrogen-bond donors (Lipinski definition) is 1. The summed E-state index contributed by atoms with van der Waals surface area (Å²) in [5.74, 6) is -0.626. The van der Waals surface area contributed by atoms with Crippen molar-refractivity contribution < 1.29 is 9.59 Å². The van der Waals surface area contributed by atoms with Gasteiger partial charge in [0.1, 0.15) is 0 Å². The molecule has 104 valence electrons. The molecular weight excluding hydrogens is 244 g/mol. The molecule has 1 aromatic heterocycles. The highest BCUT2D eigenvalue weighted by Gasteiger charge is 2.24. The molecule has 0 saturated heterocycles. The Hall–Kier alpha value is -1.85. The first-order valence-electron chi connectivity index (χ1n) is 6.64. The Labute approximate surface area is 112 Å². The Kier molecular flexibility index (Phi) is 4.19.